The van der Waals surface area contributed by atoms with Crippen LogP contribution in [0.15, 0.2) is 12.1 Å². The first-order chi connectivity index (χ1) is 6.02. The van der Waals surface area contributed by atoms with E-state index in [9.17, 15) is 4.79 Å². The molecule has 0 atom stereocenters. The quantitative estimate of drug-likeness (QED) is 0.786. The van der Waals surface area contributed by atoms with Crippen molar-refractivity contribution < 1.29 is 9.90 Å². The molecule has 1 rings (SSSR count). The van der Waals surface area contributed by atoms with Gasteiger partial charge in [0.15, 0.2) is 5.69 Å². The highest BCUT2D eigenvalue weighted by Gasteiger charge is 2.11. The van der Waals surface area contributed by atoms with E-state index in [0.29, 0.717) is 5.82 Å². The van der Waals surface area contributed by atoms with Gasteiger partial charge >= 0.3 is 5.97 Å². The summed E-state index contributed by atoms with van der Waals surface area (Å²) in [6.07, 6.45) is 0. The number of aromatic nitrogens is 1. The molecule has 0 aliphatic carbocycles. The van der Waals surface area contributed by atoms with Gasteiger partial charge in [-0.05, 0) is 12.1 Å². The monoisotopic (exact) mass is 200 g/mol. The van der Waals surface area contributed by atoms with Crippen molar-refractivity contribution in [2.45, 2.75) is 0 Å². The summed E-state index contributed by atoms with van der Waals surface area (Å²) in [7, 11) is 3.56. The number of hydrogen-bond acceptors (Lipinski definition) is 3. The summed E-state index contributed by atoms with van der Waals surface area (Å²) < 4.78 is 0. The Balaban J connectivity index is 3.19. The fraction of sp³-hybridized carbons (Fsp3) is 0.250. The molecule has 0 spiro atoms. The lowest BCUT2D eigenvalue weighted by molar-refractivity contribution is 0.0691. The molecule has 0 unspecified atom stereocenters. The molecule has 0 saturated heterocycles. The van der Waals surface area contributed by atoms with Gasteiger partial charge in [-0.25, -0.2) is 9.78 Å². The van der Waals surface area contributed by atoms with Crippen molar-refractivity contribution in [1.82, 2.24) is 4.98 Å². The maximum atomic E-state index is 10.6. The third kappa shape index (κ3) is 2.09. The van der Waals surface area contributed by atoms with E-state index in [1.54, 1.807) is 25.1 Å². The fourth-order valence-corrected chi connectivity index (χ4v) is 1.02. The number of halogens is 1. The predicted octanol–water partition coefficient (Wildman–Crippen LogP) is 1.50. The highest BCUT2D eigenvalue weighted by molar-refractivity contribution is 6.33. The van der Waals surface area contributed by atoms with Crippen LogP contribution in [0.5, 0.6) is 0 Å². The molecule has 0 aromatic carbocycles. The third-order valence-electron chi connectivity index (χ3n) is 1.49. The molecule has 0 aliphatic rings. The van der Waals surface area contributed by atoms with Gasteiger partial charge < -0.3 is 10.0 Å². The first-order valence-electron chi connectivity index (χ1n) is 3.59. The van der Waals surface area contributed by atoms with Crippen molar-refractivity contribution in [3.8, 4) is 0 Å². The van der Waals surface area contributed by atoms with E-state index in [0.717, 1.165) is 0 Å². The fourth-order valence-electron chi connectivity index (χ4n) is 0.831. The molecular formula is C8H9ClN2O2. The van der Waals surface area contributed by atoms with Crippen LogP contribution in [0.1, 0.15) is 10.5 Å². The zero-order valence-corrected chi connectivity index (χ0v) is 8.04. The summed E-state index contributed by atoms with van der Waals surface area (Å²) in [6, 6.07) is 3.18. The van der Waals surface area contributed by atoms with Crippen molar-refractivity contribution in [3.05, 3.63) is 22.8 Å². The maximum absolute atomic E-state index is 10.6. The molecule has 13 heavy (non-hydrogen) atoms. The van der Waals surface area contributed by atoms with E-state index < -0.39 is 5.97 Å². The molecule has 70 valence electrons. The van der Waals surface area contributed by atoms with Crippen LogP contribution in [-0.4, -0.2) is 30.2 Å². The molecule has 0 aliphatic heterocycles. The van der Waals surface area contributed by atoms with Gasteiger partial charge in [0, 0.05) is 14.1 Å². The molecule has 5 heteroatoms. The molecule has 1 aromatic rings. The van der Waals surface area contributed by atoms with E-state index in [2.05, 4.69) is 4.98 Å². The zero-order chi connectivity index (χ0) is 10.0. The molecule has 1 aromatic heterocycles. The number of anilines is 1. The lowest BCUT2D eigenvalue weighted by Gasteiger charge is -2.11. The Hall–Kier alpha value is -1.29. The largest absolute Gasteiger partial charge is 0.476 e. The third-order valence-corrected chi connectivity index (χ3v) is 1.80. The normalized spacial score (nSPS) is 9.77. The van der Waals surface area contributed by atoms with Crippen LogP contribution >= 0.6 is 11.6 Å². The number of carboxylic acids is 1. The molecule has 4 nitrogen and oxygen atoms in total. The van der Waals surface area contributed by atoms with E-state index in [1.807, 2.05) is 0 Å². The Bertz CT molecular complexity index is 339. The second-order valence-electron chi connectivity index (χ2n) is 2.70. The number of carboxylic acid groups (broad SMARTS) is 1. The molecule has 0 fully saturated rings. The van der Waals surface area contributed by atoms with Gasteiger partial charge in [-0.2, -0.15) is 0 Å². The summed E-state index contributed by atoms with van der Waals surface area (Å²) >= 11 is 5.63. The van der Waals surface area contributed by atoms with E-state index >= 15 is 0 Å². The number of carbonyl (C=O) groups is 1. The molecule has 0 saturated carbocycles. The second kappa shape index (κ2) is 3.62. The molecular weight excluding hydrogens is 192 g/mol. The minimum absolute atomic E-state index is 0.118. The van der Waals surface area contributed by atoms with Gasteiger partial charge in [-0.15, -0.1) is 0 Å². The van der Waals surface area contributed by atoms with Crippen LogP contribution in [0.25, 0.3) is 0 Å². The average molecular weight is 201 g/mol. The SMILES string of the molecule is CN(C)c1ccc(Cl)c(C(=O)O)n1. The van der Waals surface area contributed by atoms with Crippen molar-refractivity contribution in [2.75, 3.05) is 19.0 Å². The van der Waals surface area contributed by atoms with Crippen LogP contribution in [-0.2, 0) is 0 Å². The molecule has 0 radical (unpaired) electrons. The predicted molar refractivity (Wildman–Crippen MR) is 50.5 cm³/mol. The van der Waals surface area contributed by atoms with Crippen LogP contribution in [0.4, 0.5) is 5.82 Å². The Morgan fingerprint density at radius 1 is 1.54 bits per heavy atom. The number of hydrogen-bond donors (Lipinski definition) is 1. The minimum Gasteiger partial charge on any atom is -0.476 e. The van der Waals surface area contributed by atoms with Gasteiger partial charge in [0.2, 0.25) is 0 Å². The second-order valence-corrected chi connectivity index (χ2v) is 3.11. The van der Waals surface area contributed by atoms with Crippen LogP contribution in [0.3, 0.4) is 0 Å². The van der Waals surface area contributed by atoms with E-state index in [1.165, 1.54) is 6.07 Å². The number of aromatic carboxylic acids is 1. The lowest BCUT2D eigenvalue weighted by atomic mass is 10.3. The highest BCUT2D eigenvalue weighted by atomic mass is 35.5. The van der Waals surface area contributed by atoms with Gasteiger partial charge in [-0.1, -0.05) is 11.6 Å². The molecule has 1 heterocycles. The topological polar surface area (TPSA) is 53.4 Å². The summed E-state index contributed by atoms with van der Waals surface area (Å²) in [6.45, 7) is 0. The Morgan fingerprint density at radius 3 is 2.62 bits per heavy atom. The van der Waals surface area contributed by atoms with Crippen LogP contribution in [0, 0.1) is 0 Å². The number of pyridine rings is 1. The Kier molecular flexibility index (Phi) is 2.72. The summed E-state index contributed by atoms with van der Waals surface area (Å²) in [5, 5.41) is 8.86. The number of nitrogens with zero attached hydrogens (tertiary/aromatic N) is 2. The minimum atomic E-state index is -1.12. The Labute approximate surface area is 80.8 Å². The van der Waals surface area contributed by atoms with Gasteiger partial charge in [0.1, 0.15) is 5.82 Å². The maximum Gasteiger partial charge on any atom is 0.356 e. The van der Waals surface area contributed by atoms with Crippen molar-refractivity contribution in [1.29, 1.82) is 0 Å². The lowest BCUT2D eigenvalue weighted by Crippen LogP contribution is -2.13. The van der Waals surface area contributed by atoms with Crippen molar-refractivity contribution >= 4 is 23.4 Å². The van der Waals surface area contributed by atoms with Crippen LogP contribution < -0.4 is 4.90 Å². The van der Waals surface area contributed by atoms with Gasteiger partial charge in [0.05, 0.1) is 5.02 Å². The first-order valence-corrected chi connectivity index (χ1v) is 3.97. The molecule has 0 bridgehead atoms. The zero-order valence-electron chi connectivity index (χ0n) is 7.28. The van der Waals surface area contributed by atoms with Crippen molar-refractivity contribution in [2.24, 2.45) is 0 Å². The number of rotatable bonds is 2. The van der Waals surface area contributed by atoms with Crippen LogP contribution in [0.2, 0.25) is 5.02 Å². The van der Waals surface area contributed by atoms with E-state index in [-0.39, 0.29) is 10.7 Å². The summed E-state index contributed by atoms with van der Waals surface area (Å²) in [4.78, 5) is 16.2. The summed E-state index contributed by atoms with van der Waals surface area (Å²) in [5.74, 6) is -0.546. The summed E-state index contributed by atoms with van der Waals surface area (Å²) in [5.41, 5.74) is -0.118. The average Bonchev–Trinajstić information content (AvgIpc) is 2.04. The van der Waals surface area contributed by atoms with Crippen molar-refractivity contribution in [3.63, 3.8) is 0 Å². The first kappa shape index (κ1) is 9.80. The Morgan fingerprint density at radius 2 is 2.15 bits per heavy atom. The standard InChI is InChI=1S/C8H9ClN2O2/c1-11(2)6-4-3-5(9)7(10-6)8(12)13/h3-4H,1-2H3,(H,12,13). The van der Waals surface area contributed by atoms with E-state index in [4.69, 9.17) is 16.7 Å². The van der Waals surface area contributed by atoms with Gasteiger partial charge in [-0.3, -0.25) is 0 Å². The molecule has 1 N–H and O–H groups in total. The smallest absolute Gasteiger partial charge is 0.356 e. The molecule has 0 amide bonds. The highest BCUT2D eigenvalue weighted by Crippen LogP contribution is 2.17. The van der Waals surface area contributed by atoms with Gasteiger partial charge in [0.25, 0.3) is 0 Å².